The summed E-state index contributed by atoms with van der Waals surface area (Å²) in [5.74, 6) is -0.0497. The van der Waals surface area contributed by atoms with Crippen LogP contribution in [-0.4, -0.2) is 15.0 Å². The van der Waals surface area contributed by atoms with Gasteiger partial charge in [0.2, 0.25) is 10.0 Å². The second-order valence-electron chi connectivity index (χ2n) is 5.14. The number of anilines is 1. The Hall–Kier alpha value is -1.85. The molecule has 0 saturated carbocycles. The highest BCUT2D eigenvalue weighted by molar-refractivity contribution is 7.88. The number of nitrogen functional groups attached to an aromatic ring is 1. The Morgan fingerprint density at radius 2 is 1.76 bits per heavy atom. The third-order valence-corrected chi connectivity index (χ3v) is 4.48. The van der Waals surface area contributed by atoms with Crippen molar-refractivity contribution >= 4 is 15.7 Å². The second kappa shape index (κ2) is 6.74. The van der Waals surface area contributed by atoms with Gasteiger partial charge in [0, 0.05) is 12.2 Å². The van der Waals surface area contributed by atoms with E-state index in [1.807, 2.05) is 25.1 Å². The fourth-order valence-electron chi connectivity index (χ4n) is 2.17. The Kier molecular flexibility index (Phi) is 4.98. The summed E-state index contributed by atoms with van der Waals surface area (Å²) in [5, 5.41) is 0. The van der Waals surface area contributed by atoms with Gasteiger partial charge in [-0.15, -0.1) is 0 Å². The third kappa shape index (κ3) is 5.21. The van der Waals surface area contributed by atoms with Gasteiger partial charge in [-0.3, -0.25) is 0 Å². The molecule has 0 spiro atoms. The lowest BCUT2D eigenvalue weighted by atomic mass is 10.1. The maximum absolute atomic E-state index is 12.0. The molecular weight excluding hydrogens is 284 g/mol. The van der Waals surface area contributed by atoms with Gasteiger partial charge in [0.15, 0.2) is 0 Å². The molecule has 3 N–H and O–H groups in total. The van der Waals surface area contributed by atoms with Crippen molar-refractivity contribution in [3.05, 3.63) is 65.2 Å². The molecule has 0 atom stereocenters. The van der Waals surface area contributed by atoms with Crippen LogP contribution in [0.3, 0.4) is 0 Å². The van der Waals surface area contributed by atoms with Crippen LogP contribution in [0.25, 0.3) is 0 Å². The predicted octanol–water partition coefficient (Wildman–Crippen LogP) is 2.24. The van der Waals surface area contributed by atoms with Gasteiger partial charge in [-0.2, -0.15) is 0 Å². The smallest absolute Gasteiger partial charge is 0.215 e. The van der Waals surface area contributed by atoms with E-state index in [1.165, 1.54) is 5.56 Å². The molecule has 5 heteroatoms. The van der Waals surface area contributed by atoms with Crippen LogP contribution in [0.4, 0.5) is 5.69 Å². The summed E-state index contributed by atoms with van der Waals surface area (Å²) < 4.78 is 26.7. The quantitative estimate of drug-likeness (QED) is 0.804. The van der Waals surface area contributed by atoms with Crippen molar-refractivity contribution in [1.82, 2.24) is 4.72 Å². The Morgan fingerprint density at radius 3 is 2.48 bits per heavy atom. The van der Waals surface area contributed by atoms with Crippen LogP contribution in [0.5, 0.6) is 0 Å². The fourth-order valence-corrected chi connectivity index (χ4v) is 3.31. The highest BCUT2D eigenvalue weighted by Gasteiger charge is 2.11. The van der Waals surface area contributed by atoms with Gasteiger partial charge in [-0.05, 0) is 36.6 Å². The highest BCUT2D eigenvalue weighted by Crippen LogP contribution is 2.10. The van der Waals surface area contributed by atoms with E-state index in [9.17, 15) is 8.42 Å². The zero-order chi connectivity index (χ0) is 15.3. The Morgan fingerprint density at radius 1 is 1.05 bits per heavy atom. The van der Waals surface area contributed by atoms with Gasteiger partial charge < -0.3 is 5.73 Å². The largest absolute Gasteiger partial charge is 0.399 e. The van der Waals surface area contributed by atoms with Crippen LogP contribution in [-0.2, 0) is 22.2 Å². The number of hydrogen-bond donors (Lipinski definition) is 2. The van der Waals surface area contributed by atoms with Crippen molar-refractivity contribution in [1.29, 1.82) is 0 Å². The molecule has 0 aliphatic heterocycles. The molecule has 0 aliphatic carbocycles. The molecule has 2 aromatic rings. The van der Waals surface area contributed by atoms with Crippen molar-refractivity contribution in [2.45, 2.75) is 19.1 Å². The Labute approximate surface area is 126 Å². The summed E-state index contributed by atoms with van der Waals surface area (Å²) in [6.45, 7) is 2.42. The number of hydrogen-bond acceptors (Lipinski definition) is 3. The van der Waals surface area contributed by atoms with E-state index in [4.69, 9.17) is 5.73 Å². The zero-order valence-electron chi connectivity index (χ0n) is 12.0. The lowest BCUT2D eigenvalue weighted by Gasteiger charge is -2.08. The summed E-state index contributed by atoms with van der Waals surface area (Å²) in [4.78, 5) is 0. The molecule has 21 heavy (non-hydrogen) atoms. The van der Waals surface area contributed by atoms with Crippen LogP contribution in [0.15, 0.2) is 48.5 Å². The van der Waals surface area contributed by atoms with Gasteiger partial charge >= 0.3 is 0 Å². The predicted molar refractivity (Wildman–Crippen MR) is 86.4 cm³/mol. The summed E-state index contributed by atoms with van der Waals surface area (Å²) >= 11 is 0. The molecule has 2 rings (SSSR count). The van der Waals surface area contributed by atoms with E-state index in [0.717, 1.165) is 5.56 Å². The van der Waals surface area contributed by atoms with Crippen LogP contribution < -0.4 is 10.5 Å². The first-order valence-corrected chi connectivity index (χ1v) is 8.47. The normalized spacial score (nSPS) is 11.5. The summed E-state index contributed by atoms with van der Waals surface area (Å²) in [7, 11) is -3.34. The molecule has 0 radical (unpaired) electrons. The van der Waals surface area contributed by atoms with Gasteiger partial charge in [0.1, 0.15) is 0 Å². The lowest BCUT2D eigenvalue weighted by molar-refractivity contribution is 0.581. The van der Waals surface area contributed by atoms with Crippen LogP contribution in [0.2, 0.25) is 0 Å². The number of sulfonamides is 1. The van der Waals surface area contributed by atoms with E-state index in [-0.39, 0.29) is 5.75 Å². The van der Waals surface area contributed by atoms with Gasteiger partial charge in [-0.1, -0.05) is 42.0 Å². The molecule has 0 aromatic heterocycles. The molecule has 0 fully saturated rings. The average Bonchev–Trinajstić information content (AvgIpc) is 2.38. The van der Waals surface area contributed by atoms with Crippen molar-refractivity contribution < 1.29 is 8.42 Å². The highest BCUT2D eigenvalue weighted by atomic mass is 32.2. The van der Waals surface area contributed by atoms with Gasteiger partial charge in [-0.25, -0.2) is 13.1 Å². The maximum atomic E-state index is 12.0. The van der Waals surface area contributed by atoms with Crippen LogP contribution in [0.1, 0.15) is 16.7 Å². The van der Waals surface area contributed by atoms with Crippen molar-refractivity contribution in [3.8, 4) is 0 Å². The Balaban J connectivity index is 1.90. The first-order valence-electron chi connectivity index (χ1n) is 6.82. The van der Waals surface area contributed by atoms with Crippen molar-refractivity contribution in [2.75, 3.05) is 12.3 Å². The minimum absolute atomic E-state index is 0.0497. The molecule has 0 unspecified atom stereocenters. The van der Waals surface area contributed by atoms with E-state index in [1.54, 1.807) is 24.3 Å². The van der Waals surface area contributed by atoms with Crippen LogP contribution in [0, 0.1) is 6.92 Å². The molecule has 0 bridgehead atoms. The van der Waals surface area contributed by atoms with Gasteiger partial charge in [0.05, 0.1) is 5.75 Å². The first kappa shape index (κ1) is 15.5. The number of rotatable bonds is 6. The molecule has 0 aliphatic rings. The molecule has 0 amide bonds. The minimum atomic E-state index is -3.34. The van der Waals surface area contributed by atoms with E-state index >= 15 is 0 Å². The summed E-state index contributed by atoms with van der Waals surface area (Å²) in [5.41, 5.74) is 9.22. The third-order valence-electron chi connectivity index (χ3n) is 3.13. The monoisotopic (exact) mass is 304 g/mol. The standard InChI is InChI=1S/C16H20N2O2S/c1-13-4-2-5-14(10-13)8-9-18-21(19,20)12-15-6-3-7-16(17)11-15/h2-7,10-11,18H,8-9,12,17H2,1H3. The van der Waals surface area contributed by atoms with Crippen molar-refractivity contribution in [3.63, 3.8) is 0 Å². The summed E-state index contributed by atoms with van der Waals surface area (Å²) in [6.07, 6.45) is 0.678. The van der Waals surface area contributed by atoms with E-state index in [0.29, 0.717) is 24.2 Å². The molecule has 0 saturated heterocycles. The molecule has 112 valence electrons. The van der Waals surface area contributed by atoms with E-state index < -0.39 is 10.0 Å². The van der Waals surface area contributed by atoms with Crippen LogP contribution >= 0.6 is 0 Å². The molecular formula is C16H20N2O2S. The molecule has 0 heterocycles. The second-order valence-corrected chi connectivity index (χ2v) is 6.94. The molecule has 2 aromatic carbocycles. The summed E-state index contributed by atoms with van der Waals surface area (Å²) in [6, 6.07) is 15.0. The molecule has 4 nitrogen and oxygen atoms in total. The number of benzene rings is 2. The SMILES string of the molecule is Cc1cccc(CCNS(=O)(=O)Cc2cccc(N)c2)c1. The average molecular weight is 304 g/mol. The fraction of sp³-hybridized carbons (Fsp3) is 0.250. The number of nitrogens with two attached hydrogens (primary N) is 1. The number of nitrogens with one attached hydrogen (secondary N) is 1. The van der Waals surface area contributed by atoms with E-state index in [2.05, 4.69) is 10.8 Å². The van der Waals surface area contributed by atoms with Gasteiger partial charge in [0.25, 0.3) is 0 Å². The topological polar surface area (TPSA) is 72.2 Å². The maximum Gasteiger partial charge on any atom is 0.215 e. The zero-order valence-corrected chi connectivity index (χ0v) is 12.9. The van der Waals surface area contributed by atoms with Crippen molar-refractivity contribution in [2.24, 2.45) is 0 Å². The Bertz CT molecular complexity index is 712. The number of aryl methyl sites for hydroxylation is 1. The first-order chi connectivity index (χ1) is 9.94. The minimum Gasteiger partial charge on any atom is -0.399 e. The lowest BCUT2D eigenvalue weighted by Crippen LogP contribution is -2.27.